The maximum atomic E-state index is 12.0. The van der Waals surface area contributed by atoms with Crippen molar-refractivity contribution in [1.82, 2.24) is 9.80 Å². The number of carbonyl (C=O) groups excluding carboxylic acids is 1. The van der Waals surface area contributed by atoms with Crippen LogP contribution in [-0.2, 0) is 27.5 Å². The van der Waals surface area contributed by atoms with Crippen LogP contribution in [0.1, 0.15) is 50.2 Å². The number of carboxylic acids is 1. The fourth-order valence-electron chi connectivity index (χ4n) is 4.15. The van der Waals surface area contributed by atoms with Crippen molar-refractivity contribution in [2.75, 3.05) is 19.6 Å². The first-order valence-electron chi connectivity index (χ1n) is 10.0. The molecule has 2 fully saturated rings. The molecule has 1 N–H and O–H groups in total. The Balaban J connectivity index is 1.51. The maximum Gasteiger partial charge on any atom is 0.320 e. The van der Waals surface area contributed by atoms with Crippen LogP contribution < -0.4 is 0 Å². The summed E-state index contributed by atoms with van der Waals surface area (Å²) in [5.41, 5.74) is 2.14. The summed E-state index contributed by atoms with van der Waals surface area (Å²) in [5.74, 6) is -2.83. The predicted octanol–water partition coefficient (Wildman–Crippen LogP) is 2.86. The summed E-state index contributed by atoms with van der Waals surface area (Å²) in [6.45, 7) is 6.51. The number of ether oxygens (including phenoxy) is 1. The van der Waals surface area contributed by atoms with Gasteiger partial charge >= 0.3 is 11.9 Å². The van der Waals surface area contributed by atoms with E-state index in [0.29, 0.717) is 19.0 Å². The van der Waals surface area contributed by atoms with E-state index in [2.05, 4.69) is 21.9 Å². The molecule has 27 heavy (non-hydrogen) atoms. The molecular weight excluding hydrogens is 344 g/mol. The average molecular weight is 374 g/mol. The molecule has 0 spiro atoms. The Hall–Kier alpha value is -1.92. The number of aliphatic carboxylic acids is 1. The second-order valence-corrected chi connectivity index (χ2v) is 7.59. The number of nitrogens with zero attached hydrogens (tertiary/aromatic N) is 2. The Kier molecular flexibility index (Phi) is 6.85. The van der Waals surface area contributed by atoms with Gasteiger partial charge in [-0.1, -0.05) is 37.6 Å². The summed E-state index contributed by atoms with van der Waals surface area (Å²) >= 11 is 0. The first-order valence-corrected chi connectivity index (χ1v) is 10.0. The normalized spacial score (nSPS) is 21.6. The van der Waals surface area contributed by atoms with Crippen LogP contribution in [-0.4, -0.2) is 52.6 Å². The highest BCUT2D eigenvalue weighted by molar-refractivity contribution is 5.93. The fraction of sp³-hybridized carbons (Fsp3) is 0.619. The lowest BCUT2D eigenvalue weighted by atomic mass is 10.0. The molecule has 6 nitrogen and oxygen atoms in total. The van der Waals surface area contributed by atoms with Gasteiger partial charge in [-0.25, -0.2) is 0 Å². The van der Waals surface area contributed by atoms with Gasteiger partial charge in [0, 0.05) is 19.6 Å². The van der Waals surface area contributed by atoms with E-state index in [1.807, 2.05) is 19.1 Å². The summed E-state index contributed by atoms with van der Waals surface area (Å²) in [7, 11) is 0. The number of carbonyl (C=O) groups is 2. The molecule has 0 aliphatic carbocycles. The molecule has 0 radical (unpaired) electrons. The van der Waals surface area contributed by atoms with Crippen LogP contribution >= 0.6 is 0 Å². The lowest BCUT2D eigenvalue weighted by Crippen LogP contribution is -2.49. The zero-order valence-electron chi connectivity index (χ0n) is 16.1. The van der Waals surface area contributed by atoms with Crippen LogP contribution in [0.4, 0.5) is 0 Å². The smallest absolute Gasteiger partial charge is 0.320 e. The molecule has 0 bridgehead atoms. The molecule has 0 saturated carbocycles. The minimum atomic E-state index is -1.11. The molecule has 1 aromatic carbocycles. The zero-order valence-corrected chi connectivity index (χ0v) is 16.1. The Bertz CT molecular complexity index is 646. The summed E-state index contributed by atoms with van der Waals surface area (Å²) in [6, 6.07) is 8.10. The fourth-order valence-corrected chi connectivity index (χ4v) is 4.15. The molecule has 3 rings (SSSR count). The highest BCUT2D eigenvalue weighted by atomic mass is 16.5. The molecule has 2 saturated heterocycles. The Morgan fingerprint density at radius 2 is 1.85 bits per heavy atom. The minimum absolute atomic E-state index is 0.118. The highest BCUT2D eigenvalue weighted by Crippen LogP contribution is 2.26. The van der Waals surface area contributed by atoms with Gasteiger partial charge in [0.25, 0.3) is 0 Å². The number of carboxylic acid groups (broad SMARTS) is 1. The number of benzene rings is 1. The van der Waals surface area contributed by atoms with Crippen LogP contribution in [0.3, 0.4) is 0 Å². The average Bonchev–Trinajstić information content (AvgIpc) is 3.15. The second-order valence-electron chi connectivity index (χ2n) is 7.59. The van der Waals surface area contributed by atoms with Crippen molar-refractivity contribution in [3.05, 3.63) is 35.4 Å². The third-order valence-corrected chi connectivity index (χ3v) is 5.59. The minimum Gasteiger partial charge on any atom is -0.481 e. The maximum absolute atomic E-state index is 12.0. The monoisotopic (exact) mass is 374 g/mol. The molecule has 2 aliphatic heterocycles. The molecule has 2 aliphatic rings. The quantitative estimate of drug-likeness (QED) is 0.557. The van der Waals surface area contributed by atoms with E-state index < -0.39 is 17.9 Å². The van der Waals surface area contributed by atoms with Gasteiger partial charge in [0.05, 0.1) is 6.17 Å². The topological polar surface area (TPSA) is 70.1 Å². The summed E-state index contributed by atoms with van der Waals surface area (Å²) < 4.78 is 5.21. The highest BCUT2D eigenvalue weighted by Gasteiger charge is 2.32. The SMILES string of the molecule is CCCC(C(=O)O)C(=O)OCc1ccc(CN2CCCN3CCCC32)cc1. The number of fused-ring (bicyclic) bond motifs is 1. The van der Waals surface area contributed by atoms with E-state index in [1.54, 1.807) is 0 Å². The molecular formula is C21H30N2O4. The van der Waals surface area contributed by atoms with Crippen molar-refractivity contribution in [2.45, 2.75) is 58.3 Å². The molecule has 0 aromatic heterocycles. The van der Waals surface area contributed by atoms with E-state index in [0.717, 1.165) is 18.7 Å². The van der Waals surface area contributed by atoms with Crippen molar-refractivity contribution in [2.24, 2.45) is 5.92 Å². The summed E-state index contributed by atoms with van der Waals surface area (Å²) in [6.07, 6.45) is 5.31. The molecule has 1 aromatic rings. The van der Waals surface area contributed by atoms with Crippen LogP contribution in [0.2, 0.25) is 0 Å². The van der Waals surface area contributed by atoms with E-state index in [4.69, 9.17) is 9.84 Å². The Morgan fingerprint density at radius 3 is 2.56 bits per heavy atom. The van der Waals surface area contributed by atoms with Crippen molar-refractivity contribution in [3.63, 3.8) is 0 Å². The summed E-state index contributed by atoms with van der Waals surface area (Å²) in [5, 5.41) is 9.12. The third kappa shape index (κ3) is 5.08. The van der Waals surface area contributed by atoms with Gasteiger partial charge in [0.1, 0.15) is 6.61 Å². The largest absolute Gasteiger partial charge is 0.481 e. The first-order chi connectivity index (χ1) is 13.1. The number of rotatable bonds is 8. The third-order valence-electron chi connectivity index (χ3n) is 5.59. The van der Waals surface area contributed by atoms with E-state index in [-0.39, 0.29) is 6.61 Å². The lowest BCUT2D eigenvalue weighted by Gasteiger charge is -2.40. The molecule has 2 heterocycles. The second kappa shape index (κ2) is 9.33. The standard InChI is InChI=1S/C21H30N2O4/c1-2-5-18(20(24)25)21(26)27-15-17-9-7-16(8-10-17)14-23-13-4-12-22-11-3-6-19(22)23/h7-10,18-19H,2-6,11-15H2,1H3,(H,24,25). The van der Waals surface area contributed by atoms with Crippen LogP contribution in [0, 0.1) is 5.92 Å². The summed E-state index contributed by atoms with van der Waals surface area (Å²) in [4.78, 5) is 28.3. The zero-order chi connectivity index (χ0) is 19.2. The van der Waals surface area contributed by atoms with E-state index in [9.17, 15) is 9.59 Å². The van der Waals surface area contributed by atoms with Gasteiger partial charge in [0.2, 0.25) is 0 Å². The Labute approximate surface area is 161 Å². The van der Waals surface area contributed by atoms with Gasteiger partial charge < -0.3 is 9.84 Å². The van der Waals surface area contributed by atoms with Crippen molar-refractivity contribution < 1.29 is 19.4 Å². The number of hydrogen-bond acceptors (Lipinski definition) is 5. The molecule has 148 valence electrons. The molecule has 0 amide bonds. The van der Waals surface area contributed by atoms with Gasteiger partial charge in [0.15, 0.2) is 5.92 Å². The molecule has 2 atom stereocenters. The molecule has 2 unspecified atom stereocenters. The van der Waals surface area contributed by atoms with Gasteiger partial charge in [-0.15, -0.1) is 0 Å². The van der Waals surface area contributed by atoms with Gasteiger partial charge in [-0.3, -0.25) is 19.4 Å². The van der Waals surface area contributed by atoms with Gasteiger partial charge in [-0.05, 0) is 43.4 Å². The molecule has 6 heteroatoms. The number of hydrogen-bond donors (Lipinski definition) is 1. The van der Waals surface area contributed by atoms with Crippen LogP contribution in [0.25, 0.3) is 0 Å². The van der Waals surface area contributed by atoms with Crippen LogP contribution in [0.5, 0.6) is 0 Å². The van der Waals surface area contributed by atoms with Gasteiger partial charge in [-0.2, -0.15) is 0 Å². The Morgan fingerprint density at radius 1 is 1.15 bits per heavy atom. The lowest BCUT2D eigenvalue weighted by molar-refractivity contribution is -0.159. The van der Waals surface area contributed by atoms with E-state index in [1.165, 1.54) is 37.9 Å². The predicted molar refractivity (Wildman–Crippen MR) is 102 cm³/mol. The number of esters is 1. The first kappa shape index (κ1) is 19.8. The van der Waals surface area contributed by atoms with Crippen LogP contribution in [0.15, 0.2) is 24.3 Å². The van der Waals surface area contributed by atoms with Crippen molar-refractivity contribution in [1.29, 1.82) is 0 Å². The van der Waals surface area contributed by atoms with Crippen molar-refractivity contribution in [3.8, 4) is 0 Å². The van der Waals surface area contributed by atoms with E-state index >= 15 is 0 Å². The van der Waals surface area contributed by atoms with Crippen molar-refractivity contribution >= 4 is 11.9 Å².